The lowest BCUT2D eigenvalue weighted by molar-refractivity contribution is -0.320. The van der Waals surface area contributed by atoms with Gasteiger partial charge in [-0.3, -0.25) is 19.0 Å². The zero-order valence-electron chi connectivity index (χ0n) is 21.9. The van der Waals surface area contributed by atoms with Crippen LogP contribution < -0.4 is 5.32 Å². The highest BCUT2D eigenvalue weighted by Gasteiger charge is 2.45. The minimum atomic E-state index is -1.33. The number of carbonyl (C=O) groups excluding carboxylic acids is 3. The first-order valence-corrected chi connectivity index (χ1v) is 12.1. The van der Waals surface area contributed by atoms with Gasteiger partial charge in [-0.05, 0) is 6.92 Å². The normalized spacial score (nSPS) is 21.3. The Kier molecular flexibility index (Phi) is 10.4. The number of imidazole rings is 1. The predicted molar refractivity (Wildman–Crippen MR) is 128 cm³/mol. The standard InChI is InChI=1S/C23H33N5O10/c1-12(2)21(32)27-19-16-20(25-10-24-19)28(11-26-16)22-18(17(31)13(3)37-22)38-23(35-8-6-33-14(4)29)36-9-7-34-15(5)30/h10-13,17-18,22-23,31H,6-9H2,1-5H3,(H,24,25,27,32)/t13-,17?,18?,22-/m1/s1. The molecule has 1 aliphatic rings. The van der Waals surface area contributed by atoms with Crippen LogP contribution in [0.25, 0.3) is 11.2 Å². The molecule has 0 spiro atoms. The molecule has 1 aliphatic heterocycles. The molecule has 38 heavy (non-hydrogen) atoms. The summed E-state index contributed by atoms with van der Waals surface area (Å²) in [7, 11) is 0. The van der Waals surface area contributed by atoms with Gasteiger partial charge in [-0.25, -0.2) is 15.0 Å². The number of nitrogens with zero attached hydrogens (tertiary/aromatic N) is 4. The molecule has 0 aromatic carbocycles. The van der Waals surface area contributed by atoms with Crippen LogP contribution >= 0.6 is 0 Å². The van der Waals surface area contributed by atoms with E-state index >= 15 is 0 Å². The van der Waals surface area contributed by atoms with Gasteiger partial charge in [0.05, 0.1) is 25.6 Å². The van der Waals surface area contributed by atoms with Crippen LogP contribution in [0.4, 0.5) is 5.82 Å². The fourth-order valence-electron chi connectivity index (χ4n) is 3.49. The van der Waals surface area contributed by atoms with Crippen molar-refractivity contribution in [3.05, 3.63) is 12.7 Å². The summed E-state index contributed by atoms with van der Waals surface area (Å²) in [6.45, 7) is 6.12. The van der Waals surface area contributed by atoms with Gasteiger partial charge in [-0.1, -0.05) is 13.8 Å². The summed E-state index contributed by atoms with van der Waals surface area (Å²) >= 11 is 0. The molecule has 1 amide bonds. The van der Waals surface area contributed by atoms with E-state index in [0.717, 1.165) is 0 Å². The number of fused-ring (bicyclic) bond motifs is 1. The predicted octanol–water partition coefficient (Wildman–Crippen LogP) is 0.527. The zero-order valence-corrected chi connectivity index (χ0v) is 21.9. The molecule has 0 radical (unpaired) electrons. The molecule has 0 saturated carbocycles. The first-order valence-electron chi connectivity index (χ1n) is 12.1. The van der Waals surface area contributed by atoms with Crippen LogP contribution in [0.2, 0.25) is 0 Å². The van der Waals surface area contributed by atoms with Gasteiger partial charge in [-0.2, -0.15) is 0 Å². The van der Waals surface area contributed by atoms with Crippen LogP contribution in [0.5, 0.6) is 0 Å². The van der Waals surface area contributed by atoms with Crippen LogP contribution in [-0.4, -0.2) is 93.7 Å². The molecule has 3 rings (SSSR count). The van der Waals surface area contributed by atoms with Crippen LogP contribution in [0.1, 0.15) is 40.8 Å². The number of aliphatic hydroxyl groups excluding tert-OH is 1. The molecule has 2 aromatic heterocycles. The van der Waals surface area contributed by atoms with Gasteiger partial charge in [0, 0.05) is 19.8 Å². The summed E-state index contributed by atoms with van der Waals surface area (Å²) in [6, 6.07) is 0. The van der Waals surface area contributed by atoms with E-state index in [0.29, 0.717) is 11.2 Å². The number of hydrogen-bond donors (Lipinski definition) is 2. The molecule has 15 heteroatoms. The monoisotopic (exact) mass is 539 g/mol. The summed E-state index contributed by atoms with van der Waals surface area (Å²) in [4.78, 5) is 47.0. The number of amides is 1. The Balaban J connectivity index is 1.80. The Morgan fingerprint density at radius 2 is 1.68 bits per heavy atom. The second kappa shape index (κ2) is 13.5. The summed E-state index contributed by atoms with van der Waals surface area (Å²) in [5, 5.41) is 13.6. The van der Waals surface area contributed by atoms with Crippen molar-refractivity contribution in [3.8, 4) is 0 Å². The first kappa shape index (κ1) is 29.3. The molecule has 15 nitrogen and oxygen atoms in total. The van der Waals surface area contributed by atoms with Gasteiger partial charge >= 0.3 is 11.9 Å². The van der Waals surface area contributed by atoms with Crippen LogP contribution in [-0.2, 0) is 42.8 Å². The number of rotatable bonds is 13. The maximum Gasteiger partial charge on any atom is 0.302 e. The van der Waals surface area contributed by atoms with Crippen molar-refractivity contribution in [2.45, 2.75) is 65.6 Å². The van der Waals surface area contributed by atoms with Crippen molar-refractivity contribution < 1.29 is 47.9 Å². The van der Waals surface area contributed by atoms with Crippen molar-refractivity contribution in [3.63, 3.8) is 0 Å². The average molecular weight is 540 g/mol. The number of ether oxygens (including phenoxy) is 6. The highest BCUT2D eigenvalue weighted by Crippen LogP contribution is 2.35. The van der Waals surface area contributed by atoms with Crippen LogP contribution in [0, 0.1) is 5.92 Å². The van der Waals surface area contributed by atoms with Gasteiger partial charge in [0.2, 0.25) is 5.91 Å². The second-order valence-corrected chi connectivity index (χ2v) is 8.72. The summed E-state index contributed by atoms with van der Waals surface area (Å²) in [5.41, 5.74) is 0.659. The van der Waals surface area contributed by atoms with E-state index in [-0.39, 0.29) is 44.1 Å². The lowest BCUT2D eigenvalue weighted by Crippen LogP contribution is -2.39. The minimum absolute atomic E-state index is 0.0556. The van der Waals surface area contributed by atoms with E-state index in [1.54, 1.807) is 25.3 Å². The third kappa shape index (κ3) is 7.64. The lowest BCUT2D eigenvalue weighted by Gasteiger charge is -2.27. The Bertz CT molecular complexity index is 1090. The topological polar surface area (TPSA) is 182 Å². The molecule has 0 aliphatic carbocycles. The molecular formula is C23H33N5O10. The number of esters is 2. The Hall–Kier alpha value is -3.24. The lowest BCUT2D eigenvalue weighted by atomic mass is 10.1. The smallest absolute Gasteiger partial charge is 0.302 e. The third-order valence-corrected chi connectivity index (χ3v) is 5.41. The number of hydrogen-bond acceptors (Lipinski definition) is 13. The summed E-state index contributed by atoms with van der Waals surface area (Å²) < 4.78 is 34.3. The highest BCUT2D eigenvalue weighted by molar-refractivity contribution is 5.97. The Labute approximate surface area is 218 Å². The third-order valence-electron chi connectivity index (χ3n) is 5.41. The molecule has 210 valence electrons. The number of carbonyl (C=O) groups is 3. The molecule has 4 atom stereocenters. The minimum Gasteiger partial charge on any atom is -0.463 e. The van der Waals surface area contributed by atoms with Crippen LogP contribution in [0.3, 0.4) is 0 Å². The highest BCUT2D eigenvalue weighted by atomic mass is 16.9. The van der Waals surface area contributed by atoms with Crippen molar-refractivity contribution in [2.75, 3.05) is 31.7 Å². The SMILES string of the molecule is CC(=O)OCCOC(OCCOC(C)=O)OC1C(O)[C@@H](C)O[C@H]1n1cnc2c(NC(=O)C(C)C)ncnc21. The quantitative estimate of drug-likeness (QED) is 0.204. The Morgan fingerprint density at radius 3 is 2.26 bits per heavy atom. The van der Waals surface area contributed by atoms with Crippen molar-refractivity contribution in [1.29, 1.82) is 0 Å². The van der Waals surface area contributed by atoms with E-state index in [2.05, 4.69) is 20.3 Å². The fraction of sp³-hybridized carbons (Fsp3) is 0.652. The van der Waals surface area contributed by atoms with Crippen LogP contribution in [0.15, 0.2) is 12.7 Å². The summed E-state index contributed by atoms with van der Waals surface area (Å²) in [5.74, 6) is -1.23. The van der Waals surface area contributed by atoms with Crippen molar-refractivity contribution >= 4 is 34.8 Å². The first-order chi connectivity index (χ1) is 18.1. The molecule has 1 fully saturated rings. The van der Waals surface area contributed by atoms with Gasteiger partial charge in [-0.15, -0.1) is 0 Å². The van der Waals surface area contributed by atoms with E-state index in [9.17, 15) is 19.5 Å². The second-order valence-electron chi connectivity index (χ2n) is 8.72. The maximum absolute atomic E-state index is 12.2. The number of anilines is 1. The van der Waals surface area contributed by atoms with E-state index in [4.69, 9.17) is 28.4 Å². The molecular weight excluding hydrogens is 506 g/mol. The van der Waals surface area contributed by atoms with Gasteiger partial charge in [0.1, 0.15) is 31.7 Å². The number of nitrogens with one attached hydrogen (secondary N) is 1. The van der Waals surface area contributed by atoms with Crippen molar-refractivity contribution in [2.24, 2.45) is 5.92 Å². The Morgan fingerprint density at radius 1 is 1.05 bits per heavy atom. The van der Waals surface area contributed by atoms with Crippen molar-refractivity contribution in [1.82, 2.24) is 19.5 Å². The molecule has 1 saturated heterocycles. The summed E-state index contributed by atoms with van der Waals surface area (Å²) in [6.07, 6.45) is -0.957. The number of aliphatic hydroxyl groups is 1. The molecule has 3 heterocycles. The van der Waals surface area contributed by atoms with E-state index in [1.165, 1.54) is 26.5 Å². The van der Waals surface area contributed by atoms with Gasteiger partial charge in [0.25, 0.3) is 6.48 Å². The fourth-order valence-corrected chi connectivity index (χ4v) is 3.49. The molecule has 0 bridgehead atoms. The molecule has 2 unspecified atom stereocenters. The van der Waals surface area contributed by atoms with Gasteiger partial charge < -0.3 is 38.8 Å². The molecule has 2 N–H and O–H groups in total. The zero-order chi connectivity index (χ0) is 27.8. The largest absolute Gasteiger partial charge is 0.463 e. The maximum atomic E-state index is 12.2. The average Bonchev–Trinajstić information content (AvgIpc) is 3.40. The number of aromatic nitrogens is 4. The van der Waals surface area contributed by atoms with E-state index in [1.807, 2.05) is 0 Å². The van der Waals surface area contributed by atoms with E-state index < -0.39 is 43.0 Å². The van der Waals surface area contributed by atoms with Gasteiger partial charge in [0.15, 0.2) is 23.2 Å². The molecule has 2 aromatic rings.